The minimum Gasteiger partial charge on any atom is -0.314 e. The lowest BCUT2D eigenvalue weighted by Crippen LogP contribution is -1.60. The number of rotatable bonds is 0. The van der Waals surface area contributed by atoms with Gasteiger partial charge in [0.15, 0.2) is 0 Å². The van der Waals surface area contributed by atoms with E-state index < -0.39 is 0 Å². The molecule has 0 bridgehead atoms. The summed E-state index contributed by atoms with van der Waals surface area (Å²) in [4.78, 5) is 0. The van der Waals surface area contributed by atoms with E-state index in [1.807, 2.05) is 6.92 Å². The smallest absolute Gasteiger partial charge is 0.0669 e. The van der Waals surface area contributed by atoms with Crippen LogP contribution in [0, 0.1) is 0 Å². The molecule has 7 heavy (non-hydrogen) atoms. The van der Waals surface area contributed by atoms with Crippen LogP contribution in [0.1, 0.15) is 6.92 Å². The molecule has 0 radical (unpaired) electrons. The molecule has 0 spiro atoms. The maximum absolute atomic E-state index is 3.19. The van der Waals surface area contributed by atoms with Crippen LogP contribution >= 0.6 is 31.9 Å². The molecule has 0 amide bonds. The van der Waals surface area contributed by atoms with Crippen molar-refractivity contribution in [2.24, 2.45) is 0 Å². The minimum atomic E-state index is 0.458. The summed E-state index contributed by atoms with van der Waals surface area (Å²) in [7, 11) is 0. The van der Waals surface area contributed by atoms with Gasteiger partial charge in [0.2, 0.25) is 0 Å². The molecule has 1 aliphatic rings. The maximum atomic E-state index is 3.19. The third-order valence-electron chi connectivity index (χ3n) is 0.250. The predicted octanol–water partition coefficient (Wildman–Crippen LogP) is 1.71. The highest BCUT2D eigenvalue weighted by atomic mass is 79.9. The second-order valence-corrected chi connectivity index (χ2v) is 5.24. The second-order valence-electron chi connectivity index (χ2n) is 1.27. The van der Waals surface area contributed by atoms with Gasteiger partial charge in [0.05, 0.1) is 3.74 Å². The molecule has 0 saturated carbocycles. The van der Waals surface area contributed by atoms with Crippen LogP contribution in [-0.2, 0) is 0 Å². The van der Waals surface area contributed by atoms with Crippen LogP contribution in [-0.4, -0.2) is 16.8 Å². The third-order valence-corrected chi connectivity index (χ3v) is 0.250. The molecule has 1 fully saturated rings. The molecule has 0 aromatic carbocycles. The molecule has 3 heteroatoms. The van der Waals surface area contributed by atoms with E-state index in [0.717, 1.165) is 0 Å². The first-order valence-corrected chi connectivity index (χ1v) is 4.05. The highest BCUT2D eigenvalue weighted by Gasteiger charge is 1.91. The van der Waals surface area contributed by atoms with Gasteiger partial charge in [0.25, 0.3) is 0 Å². The van der Waals surface area contributed by atoms with Crippen LogP contribution in [0.2, 0.25) is 0 Å². The first kappa shape index (κ1) is 7.92. The van der Waals surface area contributed by atoms with Crippen molar-refractivity contribution in [3.05, 3.63) is 0 Å². The Balaban J connectivity index is 0.000000105. The molecule has 0 unspecified atom stereocenters. The number of halogens is 2. The lowest BCUT2D eigenvalue weighted by Gasteiger charge is -1.73. The molecule has 0 aliphatic carbocycles. The number of hydrogen-bond acceptors (Lipinski definition) is 1. The van der Waals surface area contributed by atoms with Crippen molar-refractivity contribution in [2.75, 3.05) is 13.1 Å². The molecule has 1 rings (SSSR count). The standard InChI is InChI=1S/C2H4Br2.C2H5N/c1-2(3)4;1-2-3-1/h2H,1H3;3H,1-2H2. The Morgan fingerprint density at radius 3 is 1.57 bits per heavy atom. The van der Waals surface area contributed by atoms with Crippen LogP contribution in [0.4, 0.5) is 0 Å². The number of nitrogens with one attached hydrogen (secondary N) is 1. The van der Waals surface area contributed by atoms with Crippen molar-refractivity contribution in [2.45, 2.75) is 10.7 Å². The highest BCUT2D eigenvalue weighted by molar-refractivity contribution is 9.24. The quantitative estimate of drug-likeness (QED) is 0.497. The van der Waals surface area contributed by atoms with Gasteiger partial charge in [-0.1, -0.05) is 31.9 Å². The van der Waals surface area contributed by atoms with E-state index in [1.54, 1.807) is 0 Å². The molecular weight excluding hydrogens is 222 g/mol. The molecule has 44 valence electrons. The van der Waals surface area contributed by atoms with Gasteiger partial charge >= 0.3 is 0 Å². The van der Waals surface area contributed by atoms with Gasteiger partial charge < -0.3 is 5.32 Å². The van der Waals surface area contributed by atoms with Crippen LogP contribution < -0.4 is 5.32 Å². The first-order chi connectivity index (χ1) is 3.23. The van der Waals surface area contributed by atoms with E-state index in [0.29, 0.717) is 3.74 Å². The second kappa shape index (κ2) is 5.06. The van der Waals surface area contributed by atoms with Crippen molar-refractivity contribution in [1.29, 1.82) is 0 Å². The fourth-order valence-electron chi connectivity index (χ4n) is 0. The molecule has 1 saturated heterocycles. The SMILES string of the molecule is C1CN1.CC(Br)Br. The van der Waals surface area contributed by atoms with Crippen LogP contribution in [0.5, 0.6) is 0 Å². The Morgan fingerprint density at radius 2 is 1.57 bits per heavy atom. The summed E-state index contributed by atoms with van der Waals surface area (Å²) in [5, 5.41) is 3.00. The molecule has 1 nitrogen and oxygen atoms in total. The van der Waals surface area contributed by atoms with Gasteiger partial charge in [-0.15, -0.1) is 0 Å². The highest BCUT2D eigenvalue weighted by Crippen LogP contribution is 2.03. The number of hydrogen-bond donors (Lipinski definition) is 1. The molecule has 1 N–H and O–H groups in total. The van der Waals surface area contributed by atoms with E-state index in [4.69, 9.17) is 0 Å². The van der Waals surface area contributed by atoms with E-state index >= 15 is 0 Å². The van der Waals surface area contributed by atoms with Crippen LogP contribution in [0.15, 0.2) is 0 Å². The fourth-order valence-corrected chi connectivity index (χ4v) is 0. The summed E-state index contributed by atoms with van der Waals surface area (Å²) < 4.78 is 0.458. The van der Waals surface area contributed by atoms with E-state index in [9.17, 15) is 0 Å². The van der Waals surface area contributed by atoms with Crippen molar-refractivity contribution in [3.8, 4) is 0 Å². The summed E-state index contributed by atoms with van der Waals surface area (Å²) in [5.41, 5.74) is 0. The van der Waals surface area contributed by atoms with E-state index in [1.165, 1.54) is 13.1 Å². The Labute approximate surface area is 61.1 Å². The average Bonchev–Trinajstić information content (AvgIpc) is 2.02. The van der Waals surface area contributed by atoms with Gasteiger partial charge in [0, 0.05) is 13.1 Å². The molecule has 1 heterocycles. The fraction of sp³-hybridized carbons (Fsp3) is 1.00. The van der Waals surface area contributed by atoms with E-state index in [2.05, 4.69) is 37.2 Å². The summed E-state index contributed by atoms with van der Waals surface area (Å²) in [6, 6.07) is 0. The zero-order valence-corrected chi connectivity index (χ0v) is 7.42. The Bertz CT molecular complexity index is 31.2. The topological polar surface area (TPSA) is 21.9 Å². The van der Waals surface area contributed by atoms with Gasteiger partial charge in [-0.2, -0.15) is 0 Å². The first-order valence-electron chi connectivity index (χ1n) is 2.22. The van der Waals surface area contributed by atoms with Crippen molar-refractivity contribution < 1.29 is 0 Å². The maximum Gasteiger partial charge on any atom is 0.0669 e. The van der Waals surface area contributed by atoms with Crippen LogP contribution in [0.3, 0.4) is 0 Å². The molecular formula is C4H9Br2N. The van der Waals surface area contributed by atoms with Gasteiger partial charge in [-0.3, -0.25) is 0 Å². The zero-order chi connectivity index (χ0) is 5.70. The molecule has 0 aromatic rings. The lowest BCUT2D eigenvalue weighted by molar-refractivity contribution is 1.34. The van der Waals surface area contributed by atoms with Gasteiger partial charge in [0.1, 0.15) is 0 Å². The summed E-state index contributed by atoms with van der Waals surface area (Å²) in [5.74, 6) is 0. The summed E-state index contributed by atoms with van der Waals surface area (Å²) in [6.07, 6.45) is 0. The van der Waals surface area contributed by atoms with Crippen molar-refractivity contribution in [3.63, 3.8) is 0 Å². The van der Waals surface area contributed by atoms with Crippen molar-refractivity contribution >= 4 is 31.9 Å². The largest absolute Gasteiger partial charge is 0.314 e. The molecule has 0 atom stereocenters. The van der Waals surface area contributed by atoms with Crippen LogP contribution in [0.25, 0.3) is 0 Å². The molecule has 0 aromatic heterocycles. The van der Waals surface area contributed by atoms with Gasteiger partial charge in [-0.25, -0.2) is 0 Å². The van der Waals surface area contributed by atoms with E-state index in [-0.39, 0.29) is 0 Å². The minimum absolute atomic E-state index is 0.458. The Kier molecular flexibility index (Phi) is 5.73. The normalized spacial score (nSPS) is 15.4. The Hall–Kier alpha value is 0.920. The Morgan fingerprint density at radius 1 is 1.43 bits per heavy atom. The molecule has 1 aliphatic heterocycles. The predicted molar refractivity (Wildman–Crippen MR) is 40.2 cm³/mol. The average molecular weight is 231 g/mol. The summed E-state index contributed by atoms with van der Waals surface area (Å²) >= 11 is 6.38. The third kappa shape index (κ3) is 45.4. The number of alkyl halides is 2. The monoisotopic (exact) mass is 229 g/mol. The lowest BCUT2D eigenvalue weighted by atomic mass is 11.0. The van der Waals surface area contributed by atoms with Crippen molar-refractivity contribution in [1.82, 2.24) is 5.32 Å². The zero-order valence-electron chi connectivity index (χ0n) is 4.25. The van der Waals surface area contributed by atoms with Gasteiger partial charge in [-0.05, 0) is 6.92 Å². The summed E-state index contributed by atoms with van der Waals surface area (Å²) in [6.45, 7) is 4.50.